The maximum Gasteiger partial charge on any atom is 0.334 e. The number of rotatable bonds is 5. The lowest BCUT2D eigenvalue weighted by Crippen LogP contribution is -2.38. The third-order valence-electron chi connectivity index (χ3n) is 5.34. The summed E-state index contributed by atoms with van der Waals surface area (Å²) in [5, 5.41) is 0. The van der Waals surface area contributed by atoms with Crippen LogP contribution in [0.1, 0.15) is 40.0 Å². The molecule has 0 saturated heterocycles. The van der Waals surface area contributed by atoms with E-state index in [9.17, 15) is 13.2 Å². The predicted molar refractivity (Wildman–Crippen MR) is 97.8 cm³/mol. The second-order valence-corrected chi connectivity index (χ2v) is 9.58. The van der Waals surface area contributed by atoms with Gasteiger partial charge in [0.15, 0.2) is 0 Å². The number of esters is 1. The van der Waals surface area contributed by atoms with Gasteiger partial charge in [0, 0.05) is 6.08 Å². The van der Waals surface area contributed by atoms with Gasteiger partial charge in [-0.05, 0) is 42.7 Å². The first-order valence-electron chi connectivity index (χ1n) is 9.17. The van der Waals surface area contributed by atoms with Crippen molar-refractivity contribution in [3.05, 3.63) is 41.3 Å². The van der Waals surface area contributed by atoms with Crippen molar-refractivity contribution in [1.82, 2.24) is 0 Å². The topological polar surface area (TPSA) is 69.7 Å². The molecule has 1 heterocycles. The van der Waals surface area contributed by atoms with Crippen LogP contribution in [0.5, 0.6) is 0 Å². The minimum Gasteiger partial charge on any atom is -0.427 e. The van der Waals surface area contributed by atoms with Gasteiger partial charge >= 0.3 is 5.97 Å². The molecule has 1 aromatic rings. The first-order chi connectivity index (χ1) is 12.3. The first-order valence-corrected chi connectivity index (χ1v) is 10.6. The zero-order chi connectivity index (χ0) is 18.9. The van der Waals surface area contributed by atoms with Crippen LogP contribution >= 0.6 is 0 Å². The summed E-state index contributed by atoms with van der Waals surface area (Å²) >= 11 is 0. The van der Waals surface area contributed by atoms with Crippen molar-refractivity contribution in [1.29, 1.82) is 0 Å². The second kappa shape index (κ2) is 7.53. The van der Waals surface area contributed by atoms with Crippen molar-refractivity contribution in [2.75, 3.05) is 0 Å². The van der Waals surface area contributed by atoms with Crippen LogP contribution in [0, 0.1) is 17.8 Å². The molecule has 0 N–H and O–H groups in total. The average Bonchev–Trinajstić information content (AvgIpc) is 2.96. The lowest BCUT2D eigenvalue weighted by atomic mass is 9.75. The Bertz CT molecular complexity index is 782. The van der Waals surface area contributed by atoms with Crippen molar-refractivity contribution in [3.63, 3.8) is 0 Å². The van der Waals surface area contributed by atoms with E-state index in [0.717, 1.165) is 25.3 Å². The molecule has 0 radical (unpaired) electrons. The first kappa shape index (κ1) is 19.1. The van der Waals surface area contributed by atoms with Crippen LogP contribution in [-0.4, -0.2) is 26.8 Å². The molecule has 1 fully saturated rings. The molecule has 2 aliphatic rings. The van der Waals surface area contributed by atoms with E-state index in [0.29, 0.717) is 17.8 Å². The van der Waals surface area contributed by atoms with Crippen molar-refractivity contribution < 1.29 is 22.7 Å². The van der Waals surface area contributed by atoms with Crippen molar-refractivity contribution in [3.8, 4) is 0 Å². The van der Waals surface area contributed by atoms with E-state index in [1.807, 2.05) is 0 Å². The molecular formula is C20H26O5S. The molecule has 4 atom stereocenters. The van der Waals surface area contributed by atoms with E-state index in [2.05, 4.69) is 20.8 Å². The van der Waals surface area contributed by atoms with Gasteiger partial charge < -0.3 is 9.47 Å². The number of benzene rings is 1. The van der Waals surface area contributed by atoms with Gasteiger partial charge in [-0.15, -0.1) is 0 Å². The van der Waals surface area contributed by atoms with E-state index in [-0.39, 0.29) is 15.9 Å². The smallest absolute Gasteiger partial charge is 0.334 e. The maximum absolute atomic E-state index is 12.9. The Morgan fingerprint density at radius 1 is 1.15 bits per heavy atom. The highest BCUT2D eigenvalue weighted by molar-refractivity contribution is 7.95. The standard InChI is InChI=1S/C20H26O5S/c1-13(2)16-10-9-14(3)11-17(16)24-20-18(12-19(21)25-20)26(22,23)15-7-5-4-6-8-15/h4-8,12-14,16-17,20H,9-11H2,1-3H3/t14-,16+,17-,20-/m1/s1. The monoisotopic (exact) mass is 378 g/mol. The molecule has 1 aliphatic heterocycles. The number of sulfone groups is 1. The molecule has 0 aromatic heterocycles. The van der Waals surface area contributed by atoms with Crippen LogP contribution in [0.4, 0.5) is 0 Å². The summed E-state index contributed by atoms with van der Waals surface area (Å²) in [6, 6.07) is 8.07. The molecule has 142 valence electrons. The maximum atomic E-state index is 12.9. The fourth-order valence-electron chi connectivity index (χ4n) is 3.85. The minimum absolute atomic E-state index is 0.102. The summed E-state index contributed by atoms with van der Waals surface area (Å²) < 4.78 is 37.2. The molecule has 1 saturated carbocycles. The van der Waals surface area contributed by atoms with Gasteiger partial charge in [0.25, 0.3) is 0 Å². The summed E-state index contributed by atoms with van der Waals surface area (Å²) in [4.78, 5) is 11.9. The van der Waals surface area contributed by atoms with Crippen molar-refractivity contribution in [2.45, 2.75) is 57.3 Å². The van der Waals surface area contributed by atoms with Gasteiger partial charge in [0.05, 0.1) is 11.0 Å². The Morgan fingerprint density at radius 3 is 2.50 bits per heavy atom. The third-order valence-corrected chi connectivity index (χ3v) is 7.16. The predicted octanol–water partition coefficient (Wildman–Crippen LogP) is 3.70. The molecular weight excluding hydrogens is 352 g/mol. The fourth-order valence-corrected chi connectivity index (χ4v) is 5.24. The molecule has 0 amide bonds. The number of hydrogen-bond acceptors (Lipinski definition) is 5. The van der Waals surface area contributed by atoms with Gasteiger partial charge in [0.2, 0.25) is 16.1 Å². The van der Waals surface area contributed by atoms with Crippen LogP contribution in [0.25, 0.3) is 0 Å². The molecule has 6 heteroatoms. The van der Waals surface area contributed by atoms with Crippen LogP contribution in [0.15, 0.2) is 46.2 Å². The van der Waals surface area contributed by atoms with Gasteiger partial charge in [-0.25, -0.2) is 13.2 Å². The normalized spacial score (nSPS) is 29.5. The zero-order valence-corrected chi connectivity index (χ0v) is 16.2. The highest BCUT2D eigenvalue weighted by Gasteiger charge is 2.41. The molecule has 0 spiro atoms. The van der Waals surface area contributed by atoms with Gasteiger partial charge in [-0.3, -0.25) is 0 Å². The Kier molecular flexibility index (Phi) is 5.53. The van der Waals surface area contributed by atoms with E-state index < -0.39 is 22.1 Å². The summed E-state index contributed by atoms with van der Waals surface area (Å²) in [6.07, 6.45) is 2.78. The summed E-state index contributed by atoms with van der Waals surface area (Å²) in [5.41, 5.74) is 0. The zero-order valence-electron chi connectivity index (χ0n) is 15.4. The molecule has 5 nitrogen and oxygen atoms in total. The number of carbonyl (C=O) groups excluding carboxylic acids is 1. The molecule has 1 aliphatic carbocycles. The largest absolute Gasteiger partial charge is 0.427 e. The molecule has 3 rings (SSSR count). The van der Waals surface area contributed by atoms with Crippen LogP contribution in [0.2, 0.25) is 0 Å². The quantitative estimate of drug-likeness (QED) is 0.731. The molecule has 0 bridgehead atoms. The summed E-state index contributed by atoms with van der Waals surface area (Å²) in [5.74, 6) is 0.577. The second-order valence-electron chi connectivity index (χ2n) is 7.63. The third kappa shape index (κ3) is 3.86. The van der Waals surface area contributed by atoms with E-state index in [1.54, 1.807) is 18.2 Å². The number of hydrogen-bond donors (Lipinski definition) is 0. The molecule has 1 aromatic carbocycles. The number of ether oxygens (including phenoxy) is 2. The molecule has 0 unspecified atom stereocenters. The minimum atomic E-state index is -3.83. The Labute approximate surface area is 155 Å². The Hall–Kier alpha value is -1.66. The summed E-state index contributed by atoms with van der Waals surface area (Å²) in [7, 11) is -3.83. The van der Waals surface area contributed by atoms with Gasteiger partial charge in [-0.1, -0.05) is 45.4 Å². The SMILES string of the molecule is CC(C)[C@@H]1CC[C@@H](C)C[C@H]1O[C@@H]1OC(=O)C=C1S(=O)(=O)c1ccccc1. The number of cyclic esters (lactones) is 1. The fraction of sp³-hybridized carbons (Fsp3) is 0.550. The highest BCUT2D eigenvalue weighted by Crippen LogP contribution is 2.38. The van der Waals surface area contributed by atoms with E-state index >= 15 is 0 Å². The highest BCUT2D eigenvalue weighted by atomic mass is 32.2. The summed E-state index contributed by atoms with van der Waals surface area (Å²) in [6.45, 7) is 6.47. The lowest BCUT2D eigenvalue weighted by molar-refractivity contribution is -0.179. The van der Waals surface area contributed by atoms with E-state index in [1.165, 1.54) is 12.1 Å². The van der Waals surface area contributed by atoms with Gasteiger partial charge in [0.1, 0.15) is 4.91 Å². The molecule has 26 heavy (non-hydrogen) atoms. The Balaban J connectivity index is 1.85. The van der Waals surface area contributed by atoms with Crippen LogP contribution < -0.4 is 0 Å². The van der Waals surface area contributed by atoms with Crippen LogP contribution in [0.3, 0.4) is 0 Å². The lowest BCUT2D eigenvalue weighted by Gasteiger charge is -2.38. The van der Waals surface area contributed by atoms with Crippen LogP contribution in [-0.2, 0) is 24.1 Å². The Morgan fingerprint density at radius 2 is 1.85 bits per heavy atom. The van der Waals surface area contributed by atoms with Crippen molar-refractivity contribution >= 4 is 15.8 Å². The van der Waals surface area contributed by atoms with Gasteiger partial charge in [-0.2, -0.15) is 0 Å². The van der Waals surface area contributed by atoms with Crippen molar-refractivity contribution in [2.24, 2.45) is 17.8 Å². The van der Waals surface area contributed by atoms with E-state index in [4.69, 9.17) is 9.47 Å². The number of carbonyl (C=O) groups is 1. The average molecular weight is 378 g/mol.